The van der Waals surface area contributed by atoms with Crippen molar-refractivity contribution in [2.24, 2.45) is 0 Å². The van der Waals surface area contributed by atoms with Crippen LogP contribution in [0.3, 0.4) is 0 Å². The van der Waals surface area contributed by atoms with Crippen molar-refractivity contribution in [2.45, 2.75) is 31.9 Å². The third-order valence-corrected chi connectivity index (χ3v) is 3.90. The molecule has 1 heterocycles. The van der Waals surface area contributed by atoms with Gasteiger partial charge in [-0.3, -0.25) is 9.78 Å². The maximum atomic E-state index is 12.0. The minimum Gasteiger partial charge on any atom is -0.369 e. The van der Waals surface area contributed by atoms with Crippen LogP contribution in [0.1, 0.15) is 37.7 Å². The van der Waals surface area contributed by atoms with Crippen LogP contribution >= 0.6 is 11.8 Å². The van der Waals surface area contributed by atoms with Crippen molar-refractivity contribution in [3.63, 3.8) is 0 Å². The standard InChI is InChI=1S/C13H22N4OS/c1-5-6-15-11-8-14-7-10(17-11)12(18)16-9-13(2,3)19-4/h7-8H,5-6,9H2,1-4H3,(H,15,17)(H,16,18). The van der Waals surface area contributed by atoms with E-state index >= 15 is 0 Å². The molecule has 5 nitrogen and oxygen atoms in total. The number of nitrogens with zero attached hydrogens (tertiary/aromatic N) is 2. The molecule has 19 heavy (non-hydrogen) atoms. The number of hydrogen-bond acceptors (Lipinski definition) is 5. The molecule has 0 aromatic carbocycles. The summed E-state index contributed by atoms with van der Waals surface area (Å²) in [7, 11) is 0. The smallest absolute Gasteiger partial charge is 0.271 e. The molecule has 1 aromatic heterocycles. The Morgan fingerprint density at radius 1 is 1.42 bits per heavy atom. The number of hydrogen-bond donors (Lipinski definition) is 2. The van der Waals surface area contributed by atoms with Crippen molar-refractivity contribution in [1.29, 1.82) is 0 Å². The van der Waals surface area contributed by atoms with E-state index in [-0.39, 0.29) is 10.7 Å². The molecule has 0 radical (unpaired) electrons. The Morgan fingerprint density at radius 3 is 2.79 bits per heavy atom. The van der Waals surface area contributed by atoms with Crippen molar-refractivity contribution >= 4 is 23.5 Å². The number of aromatic nitrogens is 2. The number of nitrogens with one attached hydrogen (secondary N) is 2. The predicted molar refractivity (Wildman–Crippen MR) is 80.7 cm³/mol. The van der Waals surface area contributed by atoms with Crippen LogP contribution in [-0.4, -0.2) is 40.0 Å². The zero-order valence-corrected chi connectivity index (χ0v) is 12.8. The Morgan fingerprint density at radius 2 is 2.16 bits per heavy atom. The first-order valence-corrected chi connectivity index (χ1v) is 7.60. The van der Waals surface area contributed by atoms with Gasteiger partial charge in [-0.05, 0) is 26.5 Å². The number of thioether (sulfide) groups is 1. The molecule has 0 saturated carbocycles. The third kappa shape index (κ3) is 5.46. The molecular weight excluding hydrogens is 260 g/mol. The maximum Gasteiger partial charge on any atom is 0.271 e. The summed E-state index contributed by atoms with van der Waals surface area (Å²) in [5, 5.41) is 6.00. The fourth-order valence-electron chi connectivity index (χ4n) is 1.27. The van der Waals surface area contributed by atoms with E-state index < -0.39 is 0 Å². The lowest BCUT2D eigenvalue weighted by Crippen LogP contribution is -2.36. The van der Waals surface area contributed by atoms with E-state index in [1.807, 2.05) is 6.26 Å². The molecule has 0 aliphatic carbocycles. The van der Waals surface area contributed by atoms with E-state index in [4.69, 9.17) is 0 Å². The van der Waals surface area contributed by atoms with Gasteiger partial charge in [0.05, 0.1) is 12.4 Å². The summed E-state index contributed by atoms with van der Waals surface area (Å²) < 4.78 is 0.0150. The van der Waals surface area contributed by atoms with Crippen molar-refractivity contribution in [1.82, 2.24) is 15.3 Å². The molecular formula is C13H22N4OS. The first-order valence-electron chi connectivity index (χ1n) is 6.38. The Hall–Kier alpha value is -1.30. The maximum absolute atomic E-state index is 12.0. The molecule has 0 spiro atoms. The lowest BCUT2D eigenvalue weighted by atomic mass is 10.2. The molecule has 0 aliphatic rings. The van der Waals surface area contributed by atoms with Gasteiger partial charge in [0.2, 0.25) is 0 Å². The zero-order chi connectivity index (χ0) is 14.3. The van der Waals surface area contributed by atoms with Gasteiger partial charge >= 0.3 is 0 Å². The second-order valence-electron chi connectivity index (χ2n) is 4.86. The molecule has 0 atom stereocenters. The summed E-state index contributed by atoms with van der Waals surface area (Å²) in [6.07, 6.45) is 6.14. The van der Waals surface area contributed by atoms with E-state index in [0.717, 1.165) is 13.0 Å². The Kier molecular flexibility index (Phi) is 6.08. The molecule has 2 N–H and O–H groups in total. The van der Waals surface area contributed by atoms with Crippen LogP contribution in [0.4, 0.5) is 5.82 Å². The van der Waals surface area contributed by atoms with E-state index in [2.05, 4.69) is 41.4 Å². The van der Waals surface area contributed by atoms with Crippen LogP contribution in [-0.2, 0) is 0 Å². The lowest BCUT2D eigenvalue weighted by Gasteiger charge is -2.22. The molecule has 0 bridgehead atoms. The second kappa shape index (κ2) is 7.33. The molecule has 0 aliphatic heterocycles. The van der Waals surface area contributed by atoms with E-state index in [1.54, 1.807) is 18.0 Å². The summed E-state index contributed by atoms with van der Waals surface area (Å²) in [6.45, 7) is 7.66. The number of anilines is 1. The van der Waals surface area contributed by atoms with Crippen LogP contribution in [0.2, 0.25) is 0 Å². The molecule has 106 valence electrons. The van der Waals surface area contributed by atoms with Crippen molar-refractivity contribution in [2.75, 3.05) is 24.7 Å². The number of carbonyl (C=O) groups excluding carboxylic acids is 1. The first kappa shape index (κ1) is 15.8. The van der Waals surface area contributed by atoms with Crippen LogP contribution in [0.15, 0.2) is 12.4 Å². The highest BCUT2D eigenvalue weighted by Crippen LogP contribution is 2.19. The molecule has 1 amide bonds. The number of carbonyl (C=O) groups is 1. The Labute approximate surface area is 119 Å². The number of rotatable bonds is 7. The highest BCUT2D eigenvalue weighted by atomic mass is 32.2. The van der Waals surface area contributed by atoms with E-state index in [0.29, 0.717) is 18.1 Å². The predicted octanol–water partition coefficient (Wildman–Crippen LogP) is 2.17. The van der Waals surface area contributed by atoms with Gasteiger partial charge in [-0.1, -0.05) is 6.92 Å². The van der Waals surface area contributed by atoms with Gasteiger partial charge in [-0.15, -0.1) is 0 Å². The normalized spacial score (nSPS) is 11.2. The van der Waals surface area contributed by atoms with Crippen LogP contribution in [0.25, 0.3) is 0 Å². The molecule has 0 unspecified atom stereocenters. The SMILES string of the molecule is CCCNc1cncc(C(=O)NCC(C)(C)SC)n1. The largest absolute Gasteiger partial charge is 0.369 e. The summed E-state index contributed by atoms with van der Waals surface area (Å²) in [5.41, 5.74) is 0.345. The average Bonchev–Trinajstić information content (AvgIpc) is 2.43. The van der Waals surface area contributed by atoms with Crippen LogP contribution in [0, 0.1) is 0 Å². The molecule has 0 fully saturated rings. The van der Waals surface area contributed by atoms with E-state index in [9.17, 15) is 4.79 Å². The monoisotopic (exact) mass is 282 g/mol. The summed E-state index contributed by atoms with van der Waals surface area (Å²) in [5.74, 6) is 0.452. The van der Waals surface area contributed by atoms with Crippen LogP contribution in [0.5, 0.6) is 0 Å². The summed E-state index contributed by atoms with van der Waals surface area (Å²) in [6, 6.07) is 0. The van der Waals surface area contributed by atoms with Crippen LogP contribution < -0.4 is 10.6 Å². The zero-order valence-electron chi connectivity index (χ0n) is 12.0. The van der Waals surface area contributed by atoms with E-state index in [1.165, 1.54) is 6.20 Å². The van der Waals surface area contributed by atoms with Gasteiger partial charge in [-0.2, -0.15) is 11.8 Å². The average molecular weight is 282 g/mol. The molecule has 1 aromatic rings. The van der Waals surface area contributed by atoms with Crippen molar-refractivity contribution in [3.05, 3.63) is 18.1 Å². The molecule has 1 rings (SSSR count). The van der Waals surface area contributed by atoms with Gasteiger partial charge in [0.25, 0.3) is 5.91 Å². The highest BCUT2D eigenvalue weighted by molar-refractivity contribution is 7.99. The molecule has 6 heteroatoms. The Bertz CT molecular complexity index is 423. The van der Waals surface area contributed by atoms with Gasteiger partial charge < -0.3 is 10.6 Å². The number of amides is 1. The lowest BCUT2D eigenvalue weighted by molar-refractivity contribution is 0.0945. The fraction of sp³-hybridized carbons (Fsp3) is 0.615. The minimum absolute atomic E-state index is 0.0150. The van der Waals surface area contributed by atoms with Crippen molar-refractivity contribution < 1.29 is 4.79 Å². The highest BCUT2D eigenvalue weighted by Gasteiger charge is 2.18. The first-order chi connectivity index (χ1) is 8.98. The van der Waals surface area contributed by atoms with Gasteiger partial charge in [0.1, 0.15) is 11.5 Å². The van der Waals surface area contributed by atoms with Gasteiger partial charge in [0, 0.05) is 17.8 Å². The van der Waals surface area contributed by atoms with Gasteiger partial charge in [0.15, 0.2) is 0 Å². The third-order valence-electron chi connectivity index (χ3n) is 2.65. The molecule has 0 saturated heterocycles. The quantitative estimate of drug-likeness (QED) is 0.802. The fourth-order valence-corrected chi connectivity index (χ4v) is 1.49. The second-order valence-corrected chi connectivity index (χ2v) is 6.38. The van der Waals surface area contributed by atoms with Crippen molar-refractivity contribution in [3.8, 4) is 0 Å². The Balaban J connectivity index is 2.61. The van der Waals surface area contributed by atoms with Gasteiger partial charge in [-0.25, -0.2) is 4.98 Å². The minimum atomic E-state index is -0.185. The topological polar surface area (TPSA) is 66.9 Å². The summed E-state index contributed by atoms with van der Waals surface area (Å²) in [4.78, 5) is 20.3. The summed E-state index contributed by atoms with van der Waals surface area (Å²) >= 11 is 1.72.